The molecule has 0 amide bonds. The standard InChI is InChI=1S/C23H21FN4O2S/c1-25-23-19-13-18(10-11-21(19)26-15-27-23)17-7-5-6-16(12-17)14-28(31(2,29)30)22-9-4-3-8-20(22)24/h3-13,15H,14H2,1-2H3,(H,25,26,27). The van der Waals surface area contributed by atoms with Gasteiger partial charge in [-0.3, -0.25) is 4.31 Å². The second-order valence-electron chi connectivity index (χ2n) is 7.13. The number of fused-ring (bicyclic) bond motifs is 1. The van der Waals surface area contributed by atoms with Crippen molar-refractivity contribution in [3.05, 3.63) is 84.4 Å². The number of nitrogens with zero attached hydrogens (tertiary/aromatic N) is 3. The zero-order chi connectivity index (χ0) is 22.0. The molecule has 1 N–H and O–H groups in total. The van der Waals surface area contributed by atoms with E-state index < -0.39 is 15.8 Å². The van der Waals surface area contributed by atoms with Gasteiger partial charge in [-0.05, 0) is 47.0 Å². The number of rotatable bonds is 6. The summed E-state index contributed by atoms with van der Waals surface area (Å²) < 4.78 is 40.2. The highest BCUT2D eigenvalue weighted by Gasteiger charge is 2.21. The number of nitrogens with one attached hydrogen (secondary N) is 1. The Morgan fingerprint density at radius 1 is 0.968 bits per heavy atom. The average Bonchev–Trinajstić information content (AvgIpc) is 2.77. The van der Waals surface area contributed by atoms with Crippen LogP contribution in [0.15, 0.2) is 73.1 Å². The highest BCUT2D eigenvalue weighted by molar-refractivity contribution is 7.92. The monoisotopic (exact) mass is 436 g/mol. The van der Waals surface area contributed by atoms with Gasteiger partial charge in [-0.2, -0.15) is 0 Å². The Morgan fingerprint density at radius 2 is 1.74 bits per heavy atom. The summed E-state index contributed by atoms with van der Waals surface area (Å²) in [7, 11) is -1.88. The van der Waals surface area contributed by atoms with Gasteiger partial charge in [-0.15, -0.1) is 0 Å². The molecule has 0 aliphatic carbocycles. The summed E-state index contributed by atoms with van der Waals surface area (Å²) in [6, 6.07) is 19.3. The van der Waals surface area contributed by atoms with Crippen LogP contribution in [0.1, 0.15) is 5.56 Å². The Balaban J connectivity index is 1.73. The average molecular weight is 437 g/mol. The molecular formula is C23H21FN4O2S. The zero-order valence-corrected chi connectivity index (χ0v) is 17.9. The molecule has 0 fully saturated rings. The number of hydrogen-bond donors (Lipinski definition) is 1. The van der Waals surface area contributed by atoms with Gasteiger partial charge in [-0.25, -0.2) is 22.8 Å². The molecular weight excluding hydrogens is 415 g/mol. The van der Waals surface area contributed by atoms with Gasteiger partial charge >= 0.3 is 0 Å². The number of hydrogen-bond acceptors (Lipinski definition) is 5. The molecule has 31 heavy (non-hydrogen) atoms. The molecule has 0 saturated carbocycles. The van der Waals surface area contributed by atoms with E-state index in [0.29, 0.717) is 0 Å². The fourth-order valence-electron chi connectivity index (χ4n) is 3.49. The molecule has 4 aromatic rings. The van der Waals surface area contributed by atoms with Gasteiger partial charge in [0.1, 0.15) is 18.0 Å². The summed E-state index contributed by atoms with van der Waals surface area (Å²) in [5.41, 5.74) is 3.44. The van der Waals surface area contributed by atoms with Gasteiger partial charge in [0, 0.05) is 12.4 Å². The molecule has 0 aliphatic heterocycles. The molecule has 0 aliphatic rings. The third-order valence-corrected chi connectivity index (χ3v) is 6.11. The van der Waals surface area contributed by atoms with Crippen LogP contribution in [0.4, 0.5) is 15.9 Å². The van der Waals surface area contributed by atoms with Crippen molar-refractivity contribution in [2.45, 2.75) is 6.54 Å². The highest BCUT2D eigenvalue weighted by Crippen LogP contribution is 2.29. The third kappa shape index (κ3) is 4.34. The normalized spacial score (nSPS) is 11.5. The Morgan fingerprint density at radius 3 is 2.48 bits per heavy atom. The van der Waals surface area contributed by atoms with Crippen molar-refractivity contribution in [1.82, 2.24) is 9.97 Å². The molecule has 0 saturated heterocycles. The minimum Gasteiger partial charge on any atom is -0.373 e. The largest absolute Gasteiger partial charge is 0.373 e. The van der Waals surface area contributed by atoms with E-state index in [1.54, 1.807) is 13.1 Å². The van der Waals surface area contributed by atoms with Crippen LogP contribution >= 0.6 is 0 Å². The fraction of sp³-hybridized carbons (Fsp3) is 0.130. The van der Waals surface area contributed by atoms with Crippen LogP contribution in [0, 0.1) is 5.82 Å². The van der Waals surface area contributed by atoms with Crippen molar-refractivity contribution in [2.75, 3.05) is 22.9 Å². The van der Waals surface area contributed by atoms with Crippen molar-refractivity contribution in [1.29, 1.82) is 0 Å². The molecule has 0 atom stereocenters. The van der Waals surface area contributed by atoms with Gasteiger partial charge in [0.15, 0.2) is 0 Å². The molecule has 0 radical (unpaired) electrons. The summed E-state index contributed by atoms with van der Waals surface area (Å²) in [4.78, 5) is 8.55. The first-order valence-corrected chi connectivity index (χ1v) is 11.5. The summed E-state index contributed by atoms with van der Waals surface area (Å²) in [5, 5.41) is 3.95. The van der Waals surface area contributed by atoms with Crippen molar-refractivity contribution in [3.63, 3.8) is 0 Å². The van der Waals surface area contributed by atoms with E-state index in [4.69, 9.17) is 0 Å². The maximum atomic E-state index is 14.3. The molecule has 0 unspecified atom stereocenters. The highest BCUT2D eigenvalue weighted by atomic mass is 32.2. The van der Waals surface area contributed by atoms with Gasteiger partial charge in [-0.1, -0.05) is 36.4 Å². The minimum absolute atomic E-state index is 0.0199. The molecule has 8 heteroatoms. The Labute approximate surface area is 180 Å². The SMILES string of the molecule is CNc1ncnc2ccc(-c3cccc(CN(c4ccccc4F)S(C)(=O)=O)c3)cc12. The third-order valence-electron chi connectivity index (χ3n) is 4.98. The molecule has 1 heterocycles. The van der Waals surface area contributed by atoms with Crippen molar-refractivity contribution >= 4 is 32.4 Å². The predicted molar refractivity (Wildman–Crippen MR) is 122 cm³/mol. The number of aromatic nitrogens is 2. The number of para-hydroxylation sites is 1. The summed E-state index contributed by atoms with van der Waals surface area (Å²) in [5.74, 6) is 0.143. The Bertz CT molecular complexity index is 1360. The smallest absolute Gasteiger partial charge is 0.232 e. The van der Waals surface area contributed by atoms with Gasteiger partial charge < -0.3 is 5.32 Å². The number of benzene rings is 3. The van der Waals surface area contributed by atoms with E-state index in [9.17, 15) is 12.8 Å². The van der Waals surface area contributed by atoms with Crippen molar-refractivity contribution < 1.29 is 12.8 Å². The second-order valence-corrected chi connectivity index (χ2v) is 9.03. The molecule has 0 spiro atoms. The van der Waals surface area contributed by atoms with Crippen LogP contribution in [-0.4, -0.2) is 31.7 Å². The van der Waals surface area contributed by atoms with E-state index in [0.717, 1.165) is 44.0 Å². The van der Waals surface area contributed by atoms with E-state index >= 15 is 0 Å². The van der Waals surface area contributed by atoms with E-state index in [1.165, 1.54) is 24.5 Å². The Kier molecular flexibility index (Phi) is 5.56. The second kappa shape index (κ2) is 8.31. The lowest BCUT2D eigenvalue weighted by Gasteiger charge is -2.23. The van der Waals surface area contributed by atoms with Crippen molar-refractivity contribution in [2.24, 2.45) is 0 Å². The van der Waals surface area contributed by atoms with Crippen LogP contribution < -0.4 is 9.62 Å². The zero-order valence-electron chi connectivity index (χ0n) is 17.1. The lowest BCUT2D eigenvalue weighted by Crippen LogP contribution is -2.30. The maximum Gasteiger partial charge on any atom is 0.232 e. The number of sulfonamides is 1. The molecule has 1 aromatic heterocycles. The fourth-order valence-corrected chi connectivity index (χ4v) is 4.37. The van der Waals surface area contributed by atoms with Gasteiger partial charge in [0.2, 0.25) is 10.0 Å². The topological polar surface area (TPSA) is 75.2 Å². The van der Waals surface area contributed by atoms with Crippen LogP contribution in [-0.2, 0) is 16.6 Å². The number of anilines is 2. The lowest BCUT2D eigenvalue weighted by atomic mass is 10.0. The molecule has 0 bridgehead atoms. The van der Waals surface area contributed by atoms with E-state index in [2.05, 4.69) is 15.3 Å². The van der Waals surface area contributed by atoms with Crippen molar-refractivity contribution in [3.8, 4) is 11.1 Å². The number of halogens is 1. The predicted octanol–water partition coefficient (Wildman–Crippen LogP) is 4.44. The summed E-state index contributed by atoms with van der Waals surface area (Å²) >= 11 is 0. The molecule has 4 rings (SSSR count). The summed E-state index contributed by atoms with van der Waals surface area (Å²) in [6.45, 7) is 0.0199. The molecule has 158 valence electrons. The first-order valence-electron chi connectivity index (χ1n) is 9.61. The van der Waals surface area contributed by atoms with Crippen LogP contribution in [0.5, 0.6) is 0 Å². The van der Waals surface area contributed by atoms with E-state index in [-0.39, 0.29) is 12.2 Å². The van der Waals surface area contributed by atoms with Gasteiger partial charge in [0.05, 0.1) is 24.0 Å². The first kappa shape index (κ1) is 20.7. The minimum atomic E-state index is -3.69. The molecule has 6 nitrogen and oxygen atoms in total. The lowest BCUT2D eigenvalue weighted by molar-refractivity contribution is 0.590. The van der Waals surface area contributed by atoms with Crippen LogP contribution in [0.2, 0.25) is 0 Å². The van der Waals surface area contributed by atoms with Crippen LogP contribution in [0.25, 0.3) is 22.0 Å². The van der Waals surface area contributed by atoms with E-state index in [1.807, 2.05) is 42.5 Å². The van der Waals surface area contributed by atoms with Gasteiger partial charge in [0.25, 0.3) is 0 Å². The first-order chi connectivity index (χ1) is 14.9. The quantitative estimate of drug-likeness (QED) is 0.484. The maximum absolute atomic E-state index is 14.3. The van der Waals surface area contributed by atoms with Crippen LogP contribution in [0.3, 0.4) is 0 Å². The Hall–Kier alpha value is -3.52. The molecule has 3 aromatic carbocycles. The summed E-state index contributed by atoms with van der Waals surface area (Å²) in [6.07, 6.45) is 2.59.